The van der Waals surface area contributed by atoms with Gasteiger partial charge in [-0.1, -0.05) is 13.8 Å². The van der Waals surface area contributed by atoms with Gasteiger partial charge >= 0.3 is 5.97 Å². The molecule has 1 aromatic rings. The highest BCUT2D eigenvalue weighted by Gasteiger charge is 2.20. The number of aldehydes is 1. The molecule has 0 aliphatic heterocycles. The molecular formula is C10H13NO3S. The molecule has 82 valence electrons. The zero-order valence-electron chi connectivity index (χ0n) is 8.94. The van der Waals surface area contributed by atoms with E-state index >= 15 is 0 Å². The molecule has 1 rings (SSSR count). The molecular weight excluding hydrogens is 214 g/mol. The summed E-state index contributed by atoms with van der Waals surface area (Å²) in [6.07, 6.45) is 0.652. The van der Waals surface area contributed by atoms with Gasteiger partial charge in [0.15, 0.2) is 17.0 Å². The van der Waals surface area contributed by atoms with Gasteiger partial charge in [0.25, 0.3) is 0 Å². The molecule has 0 fully saturated rings. The van der Waals surface area contributed by atoms with Gasteiger partial charge in [-0.3, -0.25) is 4.79 Å². The summed E-state index contributed by atoms with van der Waals surface area (Å²) in [4.78, 5) is 26.8. The minimum atomic E-state index is -0.453. The van der Waals surface area contributed by atoms with E-state index in [1.165, 1.54) is 11.3 Å². The van der Waals surface area contributed by atoms with E-state index in [9.17, 15) is 9.59 Å². The molecule has 1 heterocycles. The Morgan fingerprint density at radius 3 is 2.73 bits per heavy atom. The first-order valence-corrected chi connectivity index (χ1v) is 5.54. The Hall–Kier alpha value is -1.23. The quantitative estimate of drug-likeness (QED) is 0.584. The van der Waals surface area contributed by atoms with Crippen molar-refractivity contribution in [3.8, 4) is 0 Å². The maximum Gasteiger partial charge on any atom is 0.358 e. The zero-order valence-corrected chi connectivity index (χ0v) is 9.76. The van der Waals surface area contributed by atoms with Gasteiger partial charge in [-0.15, -0.1) is 11.3 Å². The van der Waals surface area contributed by atoms with Crippen LogP contribution in [0.15, 0.2) is 0 Å². The average molecular weight is 227 g/mol. The fraction of sp³-hybridized carbons (Fsp3) is 0.500. The van der Waals surface area contributed by atoms with Crippen molar-refractivity contribution >= 4 is 23.6 Å². The number of ether oxygens (including phenoxy) is 1. The summed E-state index contributed by atoms with van der Waals surface area (Å²) >= 11 is 1.24. The molecule has 0 N–H and O–H groups in total. The first kappa shape index (κ1) is 11.8. The van der Waals surface area contributed by atoms with Crippen molar-refractivity contribution in [3.63, 3.8) is 0 Å². The lowest BCUT2D eigenvalue weighted by atomic mass is 10.1. The lowest BCUT2D eigenvalue weighted by Crippen LogP contribution is -2.08. The van der Waals surface area contributed by atoms with Crippen LogP contribution in [-0.2, 0) is 4.74 Å². The molecule has 0 aliphatic rings. The molecule has 0 radical (unpaired) electrons. The smallest absolute Gasteiger partial charge is 0.358 e. The van der Waals surface area contributed by atoms with Crippen LogP contribution < -0.4 is 0 Å². The predicted molar refractivity (Wildman–Crippen MR) is 57.5 cm³/mol. The highest BCUT2D eigenvalue weighted by Crippen LogP contribution is 2.26. The van der Waals surface area contributed by atoms with Crippen molar-refractivity contribution in [1.82, 2.24) is 4.98 Å². The average Bonchev–Trinajstić information content (AvgIpc) is 2.61. The summed E-state index contributed by atoms with van der Waals surface area (Å²) in [6, 6.07) is 0. The number of hydrogen-bond donors (Lipinski definition) is 0. The topological polar surface area (TPSA) is 56.3 Å². The lowest BCUT2D eigenvalue weighted by molar-refractivity contribution is 0.0518. The predicted octanol–water partition coefficient (Wildman–Crippen LogP) is 2.26. The SMILES string of the molecule is CCOC(=O)c1nc(C=O)sc1C(C)C. The molecule has 0 atom stereocenters. The van der Waals surface area contributed by atoms with E-state index in [4.69, 9.17) is 4.74 Å². The second kappa shape index (κ2) is 5.02. The zero-order chi connectivity index (χ0) is 11.4. The standard InChI is InChI=1S/C10H13NO3S/c1-4-14-10(13)8-9(6(2)3)15-7(5-12)11-8/h5-6H,4H2,1-3H3. The monoisotopic (exact) mass is 227 g/mol. The second-order valence-corrected chi connectivity index (χ2v) is 4.32. The third-order valence-electron chi connectivity index (χ3n) is 1.76. The summed E-state index contributed by atoms with van der Waals surface area (Å²) in [6.45, 7) is 5.94. The molecule has 0 spiro atoms. The van der Waals surface area contributed by atoms with Crippen molar-refractivity contribution in [3.05, 3.63) is 15.6 Å². The van der Waals surface area contributed by atoms with Gasteiger partial charge in [-0.2, -0.15) is 0 Å². The Morgan fingerprint density at radius 1 is 1.60 bits per heavy atom. The van der Waals surface area contributed by atoms with E-state index in [2.05, 4.69) is 4.98 Å². The van der Waals surface area contributed by atoms with Gasteiger partial charge < -0.3 is 4.74 Å². The minimum absolute atomic E-state index is 0.163. The normalized spacial score (nSPS) is 10.4. The summed E-state index contributed by atoms with van der Waals surface area (Å²) < 4.78 is 4.87. The first-order chi connectivity index (χ1) is 7.10. The Morgan fingerprint density at radius 2 is 2.27 bits per heavy atom. The molecule has 0 unspecified atom stereocenters. The van der Waals surface area contributed by atoms with Crippen LogP contribution in [0.2, 0.25) is 0 Å². The van der Waals surface area contributed by atoms with Crippen molar-refractivity contribution in [2.75, 3.05) is 6.61 Å². The van der Waals surface area contributed by atoms with Gasteiger partial charge in [-0.25, -0.2) is 9.78 Å². The van der Waals surface area contributed by atoms with E-state index in [0.717, 1.165) is 4.88 Å². The Balaban J connectivity index is 3.08. The van der Waals surface area contributed by atoms with Crippen molar-refractivity contribution < 1.29 is 14.3 Å². The van der Waals surface area contributed by atoms with E-state index in [1.807, 2.05) is 13.8 Å². The Kier molecular flexibility index (Phi) is 3.96. The molecule has 0 bridgehead atoms. The molecule has 0 amide bonds. The third-order valence-corrected chi connectivity index (χ3v) is 3.05. The molecule has 1 aromatic heterocycles. The van der Waals surface area contributed by atoms with E-state index in [-0.39, 0.29) is 11.6 Å². The number of rotatable bonds is 4. The van der Waals surface area contributed by atoms with Crippen LogP contribution in [0.1, 0.15) is 51.9 Å². The number of carbonyl (C=O) groups excluding carboxylic acids is 2. The third kappa shape index (κ3) is 2.62. The number of carbonyl (C=O) groups is 2. The van der Waals surface area contributed by atoms with Gasteiger partial charge in [-0.05, 0) is 12.8 Å². The number of nitrogens with zero attached hydrogens (tertiary/aromatic N) is 1. The van der Waals surface area contributed by atoms with Gasteiger partial charge in [0.05, 0.1) is 6.61 Å². The van der Waals surface area contributed by atoms with Crippen molar-refractivity contribution in [2.24, 2.45) is 0 Å². The van der Waals surface area contributed by atoms with E-state index in [0.29, 0.717) is 17.9 Å². The molecule has 0 saturated heterocycles. The molecule has 0 aromatic carbocycles. The number of thiazole rings is 1. The maximum absolute atomic E-state index is 11.5. The number of esters is 1. The lowest BCUT2D eigenvalue weighted by Gasteiger charge is -2.03. The summed E-state index contributed by atoms with van der Waals surface area (Å²) in [5.41, 5.74) is 0.277. The fourth-order valence-electron chi connectivity index (χ4n) is 1.14. The Bertz CT molecular complexity index is 371. The largest absolute Gasteiger partial charge is 0.461 e. The van der Waals surface area contributed by atoms with Gasteiger partial charge in [0, 0.05) is 4.88 Å². The first-order valence-electron chi connectivity index (χ1n) is 4.73. The highest BCUT2D eigenvalue weighted by molar-refractivity contribution is 7.13. The number of aromatic nitrogens is 1. The van der Waals surface area contributed by atoms with Crippen LogP contribution in [0, 0.1) is 0 Å². The fourth-order valence-corrected chi connectivity index (χ4v) is 2.01. The molecule has 4 nitrogen and oxygen atoms in total. The maximum atomic E-state index is 11.5. The minimum Gasteiger partial charge on any atom is -0.461 e. The van der Waals surface area contributed by atoms with Crippen LogP contribution in [0.5, 0.6) is 0 Å². The number of hydrogen-bond acceptors (Lipinski definition) is 5. The highest BCUT2D eigenvalue weighted by atomic mass is 32.1. The summed E-state index contributed by atoms with van der Waals surface area (Å²) in [5.74, 6) is -0.291. The summed E-state index contributed by atoms with van der Waals surface area (Å²) in [7, 11) is 0. The van der Waals surface area contributed by atoms with Crippen molar-refractivity contribution in [2.45, 2.75) is 26.7 Å². The van der Waals surface area contributed by atoms with Crippen LogP contribution in [-0.4, -0.2) is 23.8 Å². The van der Waals surface area contributed by atoms with Gasteiger partial charge in [0.2, 0.25) is 0 Å². The van der Waals surface area contributed by atoms with E-state index in [1.54, 1.807) is 6.92 Å². The molecule has 0 saturated carbocycles. The summed E-state index contributed by atoms with van der Waals surface area (Å²) in [5, 5.41) is 0.321. The Labute approximate surface area is 92.3 Å². The van der Waals surface area contributed by atoms with Crippen LogP contribution >= 0.6 is 11.3 Å². The molecule has 5 heteroatoms. The van der Waals surface area contributed by atoms with Crippen LogP contribution in [0.4, 0.5) is 0 Å². The molecule has 0 aliphatic carbocycles. The van der Waals surface area contributed by atoms with E-state index < -0.39 is 5.97 Å². The molecule has 15 heavy (non-hydrogen) atoms. The second-order valence-electron chi connectivity index (χ2n) is 3.26. The van der Waals surface area contributed by atoms with Crippen molar-refractivity contribution in [1.29, 1.82) is 0 Å². The van der Waals surface area contributed by atoms with Crippen LogP contribution in [0.3, 0.4) is 0 Å². The van der Waals surface area contributed by atoms with Crippen LogP contribution in [0.25, 0.3) is 0 Å². The van der Waals surface area contributed by atoms with Gasteiger partial charge in [0.1, 0.15) is 0 Å².